The minimum atomic E-state index is -0.490. The number of hydrogen-bond donors (Lipinski definition) is 1. The second-order valence-corrected chi connectivity index (χ2v) is 7.73. The fourth-order valence-corrected chi connectivity index (χ4v) is 3.96. The molecule has 3 rings (SSSR count). The number of thiophene rings is 1. The van der Waals surface area contributed by atoms with Crippen LogP contribution in [-0.4, -0.2) is 25.1 Å². The Morgan fingerprint density at radius 1 is 1.10 bits per heavy atom. The number of carbonyl (C=O) groups excluding carboxylic acids is 2. The molecule has 5 nitrogen and oxygen atoms in total. The molecule has 2 aromatic carbocycles. The van der Waals surface area contributed by atoms with Crippen LogP contribution >= 0.6 is 22.9 Å². The van der Waals surface area contributed by atoms with Gasteiger partial charge >= 0.3 is 5.97 Å². The molecule has 30 heavy (non-hydrogen) atoms. The Bertz CT molecular complexity index is 1030. The lowest BCUT2D eigenvalue weighted by molar-refractivity contribution is -0.118. The zero-order valence-electron chi connectivity index (χ0n) is 16.7. The lowest BCUT2D eigenvalue weighted by atomic mass is 10.0. The van der Waals surface area contributed by atoms with Crippen LogP contribution in [0, 0.1) is 0 Å². The average Bonchev–Trinajstić information content (AvgIpc) is 3.16. The molecule has 1 heterocycles. The fraction of sp³-hybridized carbons (Fsp3) is 0.217. The quantitative estimate of drug-likeness (QED) is 0.445. The second kappa shape index (κ2) is 10.3. The molecule has 0 fully saturated rings. The highest BCUT2D eigenvalue weighted by Gasteiger charge is 2.23. The summed E-state index contributed by atoms with van der Waals surface area (Å²) >= 11 is 7.23. The van der Waals surface area contributed by atoms with Crippen molar-refractivity contribution in [2.24, 2.45) is 0 Å². The van der Waals surface area contributed by atoms with Gasteiger partial charge in [0.25, 0.3) is 5.91 Å². The molecule has 1 aromatic heterocycles. The van der Waals surface area contributed by atoms with Gasteiger partial charge in [-0.3, -0.25) is 4.79 Å². The van der Waals surface area contributed by atoms with E-state index < -0.39 is 5.97 Å². The van der Waals surface area contributed by atoms with Crippen molar-refractivity contribution in [2.45, 2.75) is 20.3 Å². The van der Waals surface area contributed by atoms with Crippen LogP contribution in [0.4, 0.5) is 5.00 Å². The van der Waals surface area contributed by atoms with Crippen molar-refractivity contribution in [3.05, 3.63) is 70.1 Å². The molecule has 0 radical (unpaired) electrons. The van der Waals surface area contributed by atoms with Crippen molar-refractivity contribution in [2.75, 3.05) is 18.5 Å². The van der Waals surface area contributed by atoms with Gasteiger partial charge in [-0.2, -0.15) is 0 Å². The molecule has 1 N–H and O–H groups in total. The van der Waals surface area contributed by atoms with E-state index in [1.54, 1.807) is 25.1 Å². The first-order chi connectivity index (χ1) is 14.5. The predicted molar refractivity (Wildman–Crippen MR) is 121 cm³/mol. The molecule has 0 atom stereocenters. The SMILES string of the molecule is CCOC(=O)c1c(-c2ccc(Cl)cc2)csc1NC(=O)COc1cccc(CC)c1. The van der Waals surface area contributed by atoms with E-state index in [9.17, 15) is 9.59 Å². The third-order valence-electron chi connectivity index (χ3n) is 4.36. The molecule has 156 valence electrons. The second-order valence-electron chi connectivity index (χ2n) is 6.42. The molecule has 1 amide bonds. The highest BCUT2D eigenvalue weighted by Crippen LogP contribution is 2.36. The van der Waals surface area contributed by atoms with Crippen LogP contribution in [0.5, 0.6) is 5.75 Å². The summed E-state index contributed by atoms with van der Waals surface area (Å²) in [5.74, 6) is -0.217. The summed E-state index contributed by atoms with van der Waals surface area (Å²) in [5.41, 5.74) is 2.95. The Labute approximate surface area is 184 Å². The van der Waals surface area contributed by atoms with Gasteiger partial charge < -0.3 is 14.8 Å². The number of amides is 1. The Morgan fingerprint density at radius 2 is 1.87 bits per heavy atom. The van der Waals surface area contributed by atoms with Crippen LogP contribution in [0.3, 0.4) is 0 Å². The standard InChI is InChI=1S/C23H22ClNO4S/c1-3-15-6-5-7-18(12-15)29-13-20(26)25-22-21(23(27)28-4-2)19(14-30-22)16-8-10-17(24)11-9-16/h5-12,14H,3-4,13H2,1-2H3,(H,25,26). The number of ether oxygens (including phenoxy) is 2. The van der Waals surface area contributed by atoms with Crippen molar-refractivity contribution >= 4 is 39.8 Å². The first-order valence-electron chi connectivity index (χ1n) is 9.58. The van der Waals surface area contributed by atoms with E-state index >= 15 is 0 Å². The normalized spacial score (nSPS) is 10.5. The number of rotatable bonds is 8. The maximum absolute atomic E-state index is 12.6. The van der Waals surface area contributed by atoms with Gasteiger partial charge in [0.1, 0.15) is 16.3 Å². The zero-order valence-corrected chi connectivity index (χ0v) is 18.3. The van der Waals surface area contributed by atoms with Crippen LogP contribution in [-0.2, 0) is 16.0 Å². The third kappa shape index (κ3) is 5.40. The van der Waals surface area contributed by atoms with Crippen LogP contribution in [0.15, 0.2) is 53.9 Å². The highest BCUT2D eigenvalue weighted by molar-refractivity contribution is 7.15. The number of benzene rings is 2. The molecule has 0 saturated heterocycles. The number of aryl methyl sites for hydroxylation is 1. The number of carbonyl (C=O) groups is 2. The van der Waals surface area contributed by atoms with E-state index in [4.69, 9.17) is 21.1 Å². The Balaban J connectivity index is 1.78. The summed E-state index contributed by atoms with van der Waals surface area (Å²) in [4.78, 5) is 25.1. The smallest absolute Gasteiger partial charge is 0.341 e. The Kier molecular flexibility index (Phi) is 7.49. The van der Waals surface area contributed by atoms with Crippen LogP contribution in [0.25, 0.3) is 11.1 Å². The van der Waals surface area contributed by atoms with Crippen LogP contribution in [0.1, 0.15) is 29.8 Å². The lowest BCUT2D eigenvalue weighted by Gasteiger charge is -2.10. The van der Waals surface area contributed by atoms with Crippen molar-refractivity contribution in [1.29, 1.82) is 0 Å². The number of esters is 1. The minimum Gasteiger partial charge on any atom is -0.484 e. The molecule has 0 unspecified atom stereocenters. The highest BCUT2D eigenvalue weighted by atomic mass is 35.5. The van der Waals surface area contributed by atoms with Crippen molar-refractivity contribution < 1.29 is 19.1 Å². The van der Waals surface area contributed by atoms with E-state index in [0.717, 1.165) is 17.5 Å². The summed E-state index contributed by atoms with van der Waals surface area (Å²) in [7, 11) is 0. The number of nitrogens with one attached hydrogen (secondary N) is 1. The molecular weight excluding hydrogens is 422 g/mol. The lowest BCUT2D eigenvalue weighted by Crippen LogP contribution is -2.21. The van der Waals surface area contributed by atoms with Gasteiger partial charge in [0.05, 0.1) is 6.61 Å². The Hall–Kier alpha value is -2.83. The van der Waals surface area contributed by atoms with Crippen LogP contribution in [0.2, 0.25) is 5.02 Å². The van der Waals surface area contributed by atoms with Gasteiger partial charge in [0, 0.05) is 16.0 Å². The summed E-state index contributed by atoms with van der Waals surface area (Å²) in [6, 6.07) is 14.7. The van der Waals surface area contributed by atoms with Gasteiger partial charge in [-0.25, -0.2) is 4.79 Å². The predicted octanol–water partition coefficient (Wildman–Crippen LogP) is 5.83. The maximum Gasteiger partial charge on any atom is 0.341 e. The van der Waals surface area contributed by atoms with E-state index in [1.165, 1.54) is 11.3 Å². The number of hydrogen-bond acceptors (Lipinski definition) is 5. The van der Waals surface area contributed by atoms with Crippen molar-refractivity contribution in [1.82, 2.24) is 0 Å². The molecule has 3 aromatic rings. The molecular formula is C23H22ClNO4S. The fourth-order valence-electron chi connectivity index (χ4n) is 2.86. The van der Waals surface area contributed by atoms with Gasteiger partial charge in [-0.1, -0.05) is 42.8 Å². The van der Waals surface area contributed by atoms with E-state index in [1.807, 2.05) is 35.7 Å². The molecule has 0 spiro atoms. The summed E-state index contributed by atoms with van der Waals surface area (Å²) in [5, 5.41) is 5.62. The number of anilines is 1. The monoisotopic (exact) mass is 443 g/mol. The zero-order chi connectivity index (χ0) is 21.5. The van der Waals surface area contributed by atoms with E-state index in [0.29, 0.717) is 26.9 Å². The van der Waals surface area contributed by atoms with Gasteiger partial charge in [0.2, 0.25) is 0 Å². The Morgan fingerprint density at radius 3 is 2.57 bits per heavy atom. The summed E-state index contributed by atoms with van der Waals surface area (Å²) in [6.07, 6.45) is 0.884. The number of halogens is 1. The summed E-state index contributed by atoms with van der Waals surface area (Å²) < 4.78 is 10.8. The summed E-state index contributed by atoms with van der Waals surface area (Å²) in [6.45, 7) is 3.86. The first-order valence-corrected chi connectivity index (χ1v) is 10.8. The maximum atomic E-state index is 12.6. The van der Waals surface area contributed by atoms with Crippen molar-refractivity contribution in [3.63, 3.8) is 0 Å². The average molecular weight is 444 g/mol. The molecule has 0 aliphatic rings. The van der Waals surface area contributed by atoms with Gasteiger partial charge in [-0.15, -0.1) is 11.3 Å². The molecule has 0 saturated carbocycles. The largest absolute Gasteiger partial charge is 0.484 e. The van der Waals surface area contributed by atoms with E-state index in [-0.39, 0.29) is 19.1 Å². The third-order valence-corrected chi connectivity index (χ3v) is 5.50. The minimum absolute atomic E-state index is 0.163. The first kappa shape index (κ1) is 21.9. The van der Waals surface area contributed by atoms with Gasteiger partial charge in [0.15, 0.2) is 6.61 Å². The van der Waals surface area contributed by atoms with Crippen molar-refractivity contribution in [3.8, 4) is 16.9 Å². The van der Waals surface area contributed by atoms with Gasteiger partial charge in [-0.05, 0) is 48.7 Å². The molecule has 0 aliphatic carbocycles. The molecule has 0 bridgehead atoms. The van der Waals surface area contributed by atoms with Crippen LogP contribution < -0.4 is 10.1 Å². The van der Waals surface area contributed by atoms with E-state index in [2.05, 4.69) is 12.2 Å². The molecule has 7 heteroatoms. The molecule has 0 aliphatic heterocycles. The topological polar surface area (TPSA) is 64.6 Å².